The summed E-state index contributed by atoms with van der Waals surface area (Å²) < 4.78 is 0. The molecule has 1 aromatic rings. The highest BCUT2D eigenvalue weighted by atomic mass is 16.2. The van der Waals surface area contributed by atoms with Gasteiger partial charge in [0.15, 0.2) is 0 Å². The van der Waals surface area contributed by atoms with Crippen LogP contribution in [0.15, 0.2) is 36.9 Å². The van der Waals surface area contributed by atoms with Gasteiger partial charge < -0.3 is 10.2 Å². The molecule has 1 N–H and O–H groups in total. The molecule has 0 unspecified atom stereocenters. The molecule has 0 spiro atoms. The Kier molecular flexibility index (Phi) is 7.84. The Morgan fingerprint density at radius 2 is 2.31 bits per heavy atom. The predicted molar refractivity (Wildman–Crippen MR) is 100 cm³/mol. The highest BCUT2D eigenvalue weighted by Crippen LogP contribution is 2.09. The van der Waals surface area contributed by atoms with Crippen molar-refractivity contribution in [2.45, 2.75) is 25.8 Å². The Morgan fingerprint density at radius 3 is 3.00 bits per heavy atom. The summed E-state index contributed by atoms with van der Waals surface area (Å²) in [6.07, 6.45) is 4.12. The van der Waals surface area contributed by atoms with Crippen molar-refractivity contribution in [2.24, 2.45) is 0 Å². The molecule has 0 bridgehead atoms. The van der Waals surface area contributed by atoms with Gasteiger partial charge in [-0.1, -0.05) is 18.2 Å². The molecule has 1 aromatic carbocycles. The third-order valence-electron chi connectivity index (χ3n) is 4.32. The van der Waals surface area contributed by atoms with Crippen molar-refractivity contribution < 1.29 is 9.59 Å². The quantitative estimate of drug-likeness (QED) is 0.512. The predicted octanol–water partition coefficient (Wildman–Crippen LogP) is 1.67. The van der Waals surface area contributed by atoms with E-state index in [1.165, 1.54) is 0 Å². The van der Waals surface area contributed by atoms with Crippen molar-refractivity contribution in [1.29, 1.82) is 5.26 Å². The molecule has 0 saturated carbocycles. The highest BCUT2D eigenvalue weighted by molar-refractivity contribution is 5.78. The van der Waals surface area contributed by atoms with Crippen LogP contribution >= 0.6 is 0 Å². The summed E-state index contributed by atoms with van der Waals surface area (Å²) in [6.45, 7) is 7.29. The summed E-state index contributed by atoms with van der Waals surface area (Å²) in [5, 5.41) is 11.9. The van der Waals surface area contributed by atoms with E-state index in [0.29, 0.717) is 38.2 Å². The molecular formula is C20H26N4O2. The van der Waals surface area contributed by atoms with Gasteiger partial charge in [-0.3, -0.25) is 14.5 Å². The number of carbonyl (C=O) groups excluding carboxylic acids is 2. The molecule has 0 aliphatic carbocycles. The number of nitriles is 1. The van der Waals surface area contributed by atoms with Gasteiger partial charge in [0.1, 0.15) is 0 Å². The van der Waals surface area contributed by atoms with E-state index in [0.717, 1.165) is 24.9 Å². The molecule has 26 heavy (non-hydrogen) atoms. The van der Waals surface area contributed by atoms with Crippen molar-refractivity contribution in [3.8, 4) is 6.07 Å². The smallest absolute Gasteiger partial charge is 0.234 e. The molecule has 0 radical (unpaired) electrons. The van der Waals surface area contributed by atoms with E-state index >= 15 is 0 Å². The number of hydrogen-bond acceptors (Lipinski definition) is 4. The SMILES string of the molecule is C=CCN(CC(=O)NCCCN1CCCC1=O)Cc1cccc(C#N)c1. The minimum atomic E-state index is -0.0453. The van der Waals surface area contributed by atoms with Gasteiger partial charge >= 0.3 is 0 Å². The second-order valence-corrected chi connectivity index (χ2v) is 6.46. The monoisotopic (exact) mass is 354 g/mol. The topological polar surface area (TPSA) is 76.4 Å². The fourth-order valence-electron chi connectivity index (χ4n) is 3.06. The van der Waals surface area contributed by atoms with Gasteiger partial charge in [-0.25, -0.2) is 0 Å². The second kappa shape index (κ2) is 10.4. The molecule has 1 heterocycles. The first kappa shape index (κ1) is 19.7. The third-order valence-corrected chi connectivity index (χ3v) is 4.32. The van der Waals surface area contributed by atoms with E-state index in [1.807, 2.05) is 28.0 Å². The van der Waals surface area contributed by atoms with E-state index in [4.69, 9.17) is 5.26 Å². The second-order valence-electron chi connectivity index (χ2n) is 6.46. The van der Waals surface area contributed by atoms with Crippen LogP contribution in [-0.4, -0.2) is 54.3 Å². The van der Waals surface area contributed by atoms with Gasteiger partial charge in [-0.15, -0.1) is 6.58 Å². The molecule has 0 atom stereocenters. The number of likely N-dealkylation sites (tertiary alicyclic amines) is 1. The van der Waals surface area contributed by atoms with E-state index in [9.17, 15) is 9.59 Å². The molecule has 138 valence electrons. The number of nitrogens with zero attached hydrogens (tertiary/aromatic N) is 3. The molecule has 2 amide bonds. The van der Waals surface area contributed by atoms with Crippen molar-refractivity contribution in [2.75, 3.05) is 32.7 Å². The molecule has 1 aliphatic rings. The maximum Gasteiger partial charge on any atom is 0.234 e. The largest absolute Gasteiger partial charge is 0.355 e. The average molecular weight is 354 g/mol. The fraction of sp³-hybridized carbons (Fsp3) is 0.450. The van der Waals surface area contributed by atoms with Crippen LogP contribution in [0.5, 0.6) is 0 Å². The van der Waals surface area contributed by atoms with Crippen LogP contribution < -0.4 is 5.32 Å². The van der Waals surface area contributed by atoms with Gasteiger partial charge in [-0.2, -0.15) is 5.26 Å². The van der Waals surface area contributed by atoms with Crippen LogP contribution in [0.1, 0.15) is 30.4 Å². The van der Waals surface area contributed by atoms with E-state index in [-0.39, 0.29) is 18.4 Å². The van der Waals surface area contributed by atoms with Crippen molar-refractivity contribution in [1.82, 2.24) is 15.1 Å². The number of carbonyl (C=O) groups is 2. The van der Waals surface area contributed by atoms with Gasteiger partial charge in [0.25, 0.3) is 0 Å². The minimum absolute atomic E-state index is 0.0453. The number of hydrogen-bond donors (Lipinski definition) is 1. The van der Waals surface area contributed by atoms with Crippen LogP contribution in [0.25, 0.3) is 0 Å². The minimum Gasteiger partial charge on any atom is -0.355 e. The van der Waals surface area contributed by atoms with Gasteiger partial charge in [-0.05, 0) is 30.5 Å². The normalized spacial score (nSPS) is 13.7. The number of nitrogens with one attached hydrogen (secondary N) is 1. The number of benzene rings is 1. The lowest BCUT2D eigenvalue weighted by Gasteiger charge is -2.20. The Morgan fingerprint density at radius 1 is 1.46 bits per heavy atom. The average Bonchev–Trinajstić information content (AvgIpc) is 3.04. The molecule has 6 nitrogen and oxygen atoms in total. The number of rotatable bonds is 10. The lowest BCUT2D eigenvalue weighted by atomic mass is 10.1. The molecule has 2 rings (SSSR count). The lowest BCUT2D eigenvalue weighted by molar-refractivity contribution is -0.127. The summed E-state index contributed by atoms with van der Waals surface area (Å²) in [4.78, 5) is 27.6. The van der Waals surface area contributed by atoms with Crippen LogP contribution in [0, 0.1) is 11.3 Å². The number of amides is 2. The first-order valence-corrected chi connectivity index (χ1v) is 8.99. The Hall–Kier alpha value is -2.65. The van der Waals surface area contributed by atoms with Crippen molar-refractivity contribution in [3.05, 3.63) is 48.0 Å². The van der Waals surface area contributed by atoms with Gasteiger partial charge in [0, 0.05) is 39.1 Å². The van der Waals surface area contributed by atoms with E-state index in [1.54, 1.807) is 12.1 Å². The zero-order valence-corrected chi connectivity index (χ0v) is 15.1. The van der Waals surface area contributed by atoms with Gasteiger partial charge in [0.05, 0.1) is 18.2 Å². The lowest BCUT2D eigenvalue weighted by Crippen LogP contribution is -2.38. The summed E-state index contributed by atoms with van der Waals surface area (Å²) in [5.41, 5.74) is 1.60. The molecule has 1 saturated heterocycles. The summed E-state index contributed by atoms with van der Waals surface area (Å²) in [5.74, 6) is 0.170. The summed E-state index contributed by atoms with van der Waals surface area (Å²) >= 11 is 0. The molecular weight excluding hydrogens is 328 g/mol. The zero-order valence-electron chi connectivity index (χ0n) is 15.1. The molecule has 1 aliphatic heterocycles. The molecule has 6 heteroatoms. The summed E-state index contributed by atoms with van der Waals surface area (Å²) in [6, 6.07) is 9.52. The third kappa shape index (κ3) is 6.34. The van der Waals surface area contributed by atoms with Crippen LogP contribution in [-0.2, 0) is 16.1 Å². The van der Waals surface area contributed by atoms with E-state index in [2.05, 4.69) is 18.0 Å². The maximum absolute atomic E-state index is 12.2. The van der Waals surface area contributed by atoms with Crippen molar-refractivity contribution >= 4 is 11.8 Å². The first-order chi connectivity index (χ1) is 12.6. The standard InChI is InChI=1S/C20H26N4O2/c1-2-10-23(15-18-7-3-6-17(13-18)14-21)16-19(25)22-9-5-12-24-11-4-8-20(24)26/h2-3,6-7,13H,1,4-5,8-12,15-16H2,(H,22,25). The Labute approximate surface area is 155 Å². The highest BCUT2D eigenvalue weighted by Gasteiger charge is 2.19. The molecule has 0 aromatic heterocycles. The van der Waals surface area contributed by atoms with Crippen molar-refractivity contribution in [3.63, 3.8) is 0 Å². The van der Waals surface area contributed by atoms with E-state index < -0.39 is 0 Å². The maximum atomic E-state index is 12.2. The zero-order chi connectivity index (χ0) is 18.8. The fourth-order valence-corrected chi connectivity index (χ4v) is 3.06. The Bertz CT molecular complexity index is 681. The van der Waals surface area contributed by atoms with Crippen LogP contribution in [0.3, 0.4) is 0 Å². The Balaban J connectivity index is 1.75. The first-order valence-electron chi connectivity index (χ1n) is 8.99. The molecule has 1 fully saturated rings. The van der Waals surface area contributed by atoms with Crippen LogP contribution in [0.4, 0.5) is 0 Å². The summed E-state index contributed by atoms with van der Waals surface area (Å²) in [7, 11) is 0. The van der Waals surface area contributed by atoms with Crippen LogP contribution in [0.2, 0.25) is 0 Å². The van der Waals surface area contributed by atoms with Gasteiger partial charge in [0.2, 0.25) is 11.8 Å².